The normalized spacial score (nSPS) is 19.2. The first-order chi connectivity index (χ1) is 7.86. The second kappa shape index (κ2) is 8.39. The van der Waals surface area contributed by atoms with Crippen LogP contribution < -0.4 is 10.6 Å². The van der Waals surface area contributed by atoms with E-state index >= 15 is 0 Å². The molecule has 1 aliphatic rings. The molecule has 1 fully saturated rings. The third-order valence-electron chi connectivity index (χ3n) is 3.10. The SMILES string of the molecule is CN=C(NC)NCCCN1CCCCCC1. The molecule has 0 radical (unpaired) electrons. The fourth-order valence-corrected chi connectivity index (χ4v) is 2.15. The molecule has 0 saturated carbocycles. The molecule has 0 amide bonds. The Labute approximate surface area is 99.5 Å². The summed E-state index contributed by atoms with van der Waals surface area (Å²) in [5.74, 6) is 0.885. The van der Waals surface area contributed by atoms with E-state index in [0.29, 0.717) is 0 Å². The number of nitrogens with one attached hydrogen (secondary N) is 2. The summed E-state index contributed by atoms with van der Waals surface area (Å²) in [4.78, 5) is 6.68. The minimum Gasteiger partial charge on any atom is -0.359 e. The molecule has 0 atom stereocenters. The lowest BCUT2D eigenvalue weighted by Gasteiger charge is -2.19. The van der Waals surface area contributed by atoms with Crippen molar-refractivity contribution in [3.05, 3.63) is 0 Å². The molecule has 0 bridgehead atoms. The largest absolute Gasteiger partial charge is 0.359 e. The smallest absolute Gasteiger partial charge is 0.190 e. The van der Waals surface area contributed by atoms with Crippen LogP contribution in [0.2, 0.25) is 0 Å². The summed E-state index contributed by atoms with van der Waals surface area (Å²) >= 11 is 0. The van der Waals surface area contributed by atoms with Crippen molar-refractivity contribution in [2.45, 2.75) is 32.1 Å². The second-order valence-corrected chi connectivity index (χ2v) is 4.36. The summed E-state index contributed by atoms with van der Waals surface area (Å²) in [6, 6.07) is 0. The fourth-order valence-electron chi connectivity index (χ4n) is 2.15. The maximum Gasteiger partial charge on any atom is 0.190 e. The van der Waals surface area contributed by atoms with E-state index in [9.17, 15) is 0 Å². The predicted octanol–water partition coefficient (Wildman–Crippen LogP) is 1.05. The third kappa shape index (κ3) is 5.35. The standard InChI is InChI=1S/C12H26N4/c1-13-12(14-2)15-8-7-11-16-9-5-3-4-6-10-16/h3-11H2,1-2H3,(H2,13,14,15). The van der Waals surface area contributed by atoms with E-state index in [0.717, 1.165) is 12.5 Å². The first-order valence-corrected chi connectivity index (χ1v) is 6.47. The van der Waals surface area contributed by atoms with Gasteiger partial charge in [-0.25, -0.2) is 0 Å². The molecule has 0 unspecified atom stereocenters. The second-order valence-electron chi connectivity index (χ2n) is 4.36. The molecule has 2 N–H and O–H groups in total. The van der Waals surface area contributed by atoms with E-state index in [4.69, 9.17) is 0 Å². The van der Waals surface area contributed by atoms with Gasteiger partial charge in [0.15, 0.2) is 5.96 Å². The van der Waals surface area contributed by atoms with E-state index in [1.54, 1.807) is 7.05 Å². The summed E-state index contributed by atoms with van der Waals surface area (Å²) in [6.45, 7) is 4.80. The van der Waals surface area contributed by atoms with E-state index in [1.165, 1.54) is 51.7 Å². The zero-order chi connectivity index (χ0) is 11.6. The first kappa shape index (κ1) is 13.3. The molecule has 0 spiro atoms. The van der Waals surface area contributed by atoms with E-state index in [1.807, 2.05) is 7.05 Å². The quantitative estimate of drug-likeness (QED) is 0.427. The third-order valence-corrected chi connectivity index (χ3v) is 3.10. The van der Waals surface area contributed by atoms with Gasteiger partial charge in [0, 0.05) is 20.6 Å². The Balaban J connectivity index is 2.05. The highest BCUT2D eigenvalue weighted by Crippen LogP contribution is 2.09. The highest BCUT2D eigenvalue weighted by atomic mass is 15.2. The summed E-state index contributed by atoms with van der Waals surface area (Å²) < 4.78 is 0. The molecule has 16 heavy (non-hydrogen) atoms. The highest BCUT2D eigenvalue weighted by molar-refractivity contribution is 5.79. The molecule has 94 valence electrons. The van der Waals surface area contributed by atoms with Crippen molar-refractivity contribution in [3.8, 4) is 0 Å². The van der Waals surface area contributed by atoms with Crippen LogP contribution in [0.15, 0.2) is 4.99 Å². The molecular formula is C12H26N4. The van der Waals surface area contributed by atoms with Gasteiger partial charge in [-0.05, 0) is 38.9 Å². The van der Waals surface area contributed by atoms with Gasteiger partial charge in [0.25, 0.3) is 0 Å². The number of guanidine groups is 1. The van der Waals surface area contributed by atoms with Crippen molar-refractivity contribution in [3.63, 3.8) is 0 Å². The predicted molar refractivity (Wildman–Crippen MR) is 69.9 cm³/mol. The molecule has 1 heterocycles. The molecular weight excluding hydrogens is 200 g/mol. The monoisotopic (exact) mass is 226 g/mol. The molecule has 4 heteroatoms. The van der Waals surface area contributed by atoms with Gasteiger partial charge in [-0.3, -0.25) is 4.99 Å². The fraction of sp³-hybridized carbons (Fsp3) is 0.917. The number of nitrogens with zero attached hydrogens (tertiary/aromatic N) is 2. The zero-order valence-electron chi connectivity index (χ0n) is 10.8. The topological polar surface area (TPSA) is 39.7 Å². The zero-order valence-corrected chi connectivity index (χ0v) is 10.8. The Hall–Kier alpha value is -0.770. The molecule has 1 saturated heterocycles. The van der Waals surface area contributed by atoms with Crippen molar-refractivity contribution >= 4 is 5.96 Å². The van der Waals surface area contributed by atoms with Crippen LogP contribution in [-0.2, 0) is 0 Å². The number of likely N-dealkylation sites (tertiary alicyclic amines) is 1. The summed E-state index contributed by atoms with van der Waals surface area (Å²) in [6.07, 6.45) is 6.79. The van der Waals surface area contributed by atoms with Gasteiger partial charge in [-0.15, -0.1) is 0 Å². The van der Waals surface area contributed by atoms with Crippen molar-refractivity contribution in [2.75, 3.05) is 40.3 Å². The van der Waals surface area contributed by atoms with Gasteiger partial charge in [0.1, 0.15) is 0 Å². The van der Waals surface area contributed by atoms with Crippen LogP contribution in [0, 0.1) is 0 Å². The molecule has 0 aromatic carbocycles. The minimum atomic E-state index is 0.885. The minimum absolute atomic E-state index is 0.885. The van der Waals surface area contributed by atoms with Gasteiger partial charge in [-0.2, -0.15) is 0 Å². The molecule has 4 nitrogen and oxygen atoms in total. The van der Waals surface area contributed by atoms with Crippen LogP contribution in [0.4, 0.5) is 0 Å². The Bertz CT molecular complexity index is 195. The summed E-state index contributed by atoms with van der Waals surface area (Å²) in [7, 11) is 3.69. The number of hydrogen-bond acceptors (Lipinski definition) is 2. The number of hydrogen-bond donors (Lipinski definition) is 2. The molecule has 1 aliphatic heterocycles. The van der Waals surface area contributed by atoms with Crippen LogP contribution in [0.5, 0.6) is 0 Å². The maximum absolute atomic E-state index is 4.09. The molecule has 0 aromatic heterocycles. The van der Waals surface area contributed by atoms with Crippen molar-refractivity contribution in [1.29, 1.82) is 0 Å². The van der Waals surface area contributed by atoms with Gasteiger partial charge in [-0.1, -0.05) is 12.8 Å². The Morgan fingerprint density at radius 3 is 2.44 bits per heavy atom. The first-order valence-electron chi connectivity index (χ1n) is 6.47. The van der Waals surface area contributed by atoms with Gasteiger partial charge < -0.3 is 15.5 Å². The van der Waals surface area contributed by atoms with Gasteiger partial charge in [0.2, 0.25) is 0 Å². The number of aliphatic imine (C=N–C) groups is 1. The lowest BCUT2D eigenvalue weighted by molar-refractivity contribution is 0.282. The highest BCUT2D eigenvalue weighted by Gasteiger charge is 2.07. The lowest BCUT2D eigenvalue weighted by Crippen LogP contribution is -2.36. The van der Waals surface area contributed by atoms with Crippen molar-refractivity contribution in [1.82, 2.24) is 15.5 Å². The molecule has 1 rings (SSSR count). The van der Waals surface area contributed by atoms with Crippen LogP contribution in [0.1, 0.15) is 32.1 Å². The molecule has 0 aliphatic carbocycles. The van der Waals surface area contributed by atoms with Crippen LogP contribution in [0.3, 0.4) is 0 Å². The van der Waals surface area contributed by atoms with Gasteiger partial charge >= 0.3 is 0 Å². The Morgan fingerprint density at radius 1 is 1.19 bits per heavy atom. The van der Waals surface area contributed by atoms with Crippen molar-refractivity contribution < 1.29 is 0 Å². The van der Waals surface area contributed by atoms with Crippen LogP contribution >= 0.6 is 0 Å². The van der Waals surface area contributed by atoms with Crippen LogP contribution in [0.25, 0.3) is 0 Å². The van der Waals surface area contributed by atoms with E-state index in [-0.39, 0.29) is 0 Å². The summed E-state index contributed by atoms with van der Waals surface area (Å²) in [5.41, 5.74) is 0. The maximum atomic E-state index is 4.09. The lowest BCUT2D eigenvalue weighted by atomic mass is 10.2. The Kier molecular flexibility index (Phi) is 6.97. The van der Waals surface area contributed by atoms with Crippen LogP contribution in [-0.4, -0.2) is 51.1 Å². The average Bonchev–Trinajstić information content (AvgIpc) is 2.58. The Morgan fingerprint density at radius 2 is 1.88 bits per heavy atom. The van der Waals surface area contributed by atoms with E-state index in [2.05, 4.69) is 20.5 Å². The van der Waals surface area contributed by atoms with Crippen molar-refractivity contribution in [2.24, 2.45) is 4.99 Å². The number of rotatable bonds is 4. The summed E-state index contributed by atoms with van der Waals surface area (Å²) in [5, 5.41) is 6.31. The van der Waals surface area contributed by atoms with E-state index < -0.39 is 0 Å². The van der Waals surface area contributed by atoms with Gasteiger partial charge in [0.05, 0.1) is 0 Å². The average molecular weight is 226 g/mol. The molecule has 0 aromatic rings.